The molecule has 34 heavy (non-hydrogen) atoms. The number of aromatic nitrogens is 2. The first-order valence-corrected chi connectivity index (χ1v) is 11.1. The van der Waals surface area contributed by atoms with Gasteiger partial charge in [-0.05, 0) is 49.6 Å². The number of ether oxygens (including phenoxy) is 2. The highest BCUT2D eigenvalue weighted by atomic mass is 19.1. The maximum Gasteiger partial charge on any atom is 0.162 e. The van der Waals surface area contributed by atoms with Crippen LogP contribution < -0.4 is 14.8 Å². The van der Waals surface area contributed by atoms with Crippen molar-refractivity contribution in [1.29, 1.82) is 0 Å². The minimum atomic E-state index is -0.250. The van der Waals surface area contributed by atoms with Gasteiger partial charge in [0.15, 0.2) is 11.5 Å². The lowest BCUT2D eigenvalue weighted by atomic mass is 10.1. The Morgan fingerprint density at radius 3 is 2.50 bits per heavy atom. The highest BCUT2D eigenvalue weighted by molar-refractivity contribution is 5.93. The molecular weight excluding hydrogens is 439 g/mol. The number of aryl methyl sites for hydroxylation is 1. The number of nitrogens with zero attached hydrogens (tertiary/aromatic N) is 3. The van der Waals surface area contributed by atoms with Crippen molar-refractivity contribution in [2.45, 2.75) is 39.0 Å². The molecule has 3 aromatic rings. The molecule has 8 nitrogen and oxygen atoms in total. The molecule has 0 fully saturated rings. The maximum atomic E-state index is 13.6. The number of nitrogens with one attached hydrogen (secondary N) is 1. The van der Waals surface area contributed by atoms with Gasteiger partial charge < -0.3 is 24.8 Å². The normalized spacial score (nSPS) is 10.6. The van der Waals surface area contributed by atoms with Crippen molar-refractivity contribution >= 4 is 28.7 Å². The number of carbonyl (C=O) groups is 1. The van der Waals surface area contributed by atoms with Gasteiger partial charge >= 0.3 is 0 Å². The lowest BCUT2D eigenvalue weighted by molar-refractivity contribution is -0.107. The summed E-state index contributed by atoms with van der Waals surface area (Å²) >= 11 is 0. The second kappa shape index (κ2) is 14.1. The number of anilines is 2. The van der Waals surface area contributed by atoms with Gasteiger partial charge in [-0.3, -0.25) is 0 Å². The second-order valence-electron chi connectivity index (χ2n) is 7.90. The highest BCUT2D eigenvalue weighted by Crippen LogP contribution is 2.35. The summed E-state index contributed by atoms with van der Waals surface area (Å²) in [5.41, 5.74) is 2.00. The summed E-state index contributed by atoms with van der Waals surface area (Å²) in [4.78, 5) is 19.0. The molecule has 9 heteroatoms. The van der Waals surface area contributed by atoms with Gasteiger partial charge in [0.05, 0.1) is 19.2 Å². The number of hydrogen-bond acceptors (Lipinski definition) is 8. The van der Waals surface area contributed by atoms with Gasteiger partial charge in [0.2, 0.25) is 0 Å². The summed E-state index contributed by atoms with van der Waals surface area (Å²) in [5.74, 6) is 1.57. The van der Waals surface area contributed by atoms with Crippen molar-refractivity contribution in [3.8, 4) is 11.5 Å². The number of aldehydes is 1. The zero-order chi connectivity index (χ0) is 24.9. The second-order valence-corrected chi connectivity index (χ2v) is 7.90. The number of hydrogen-bond donors (Lipinski definition) is 2. The van der Waals surface area contributed by atoms with Crippen LogP contribution in [0.25, 0.3) is 10.9 Å². The molecule has 2 aromatic carbocycles. The minimum Gasteiger partial charge on any atom is -0.493 e. The molecular formula is C25H33FN4O4. The molecule has 3 rings (SSSR count). The molecule has 0 aliphatic carbocycles. The third-order valence-electron chi connectivity index (χ3n) is 4.82. The summed E-state index contributed by atoms with van der Waals surface area (Å²) in [6, 6.07) is 8.50. The van der Waals surface area contributed by atoms with E-state index in [0.717, 1.165) is 48.1 Å². The molecule has 1 heterocycles. The molecule has 0 saturated carbocycles. The Kier molecular flexibility index (Phi) is 11.2. The molecule has 0 unspecified atom stereocenters. The number of unbranched alkanes of at least 4 members (excludes halogenated alkanes) is 4. The van der Waals surface area contributed by atoms with E-state index in [0.29, 0.717) is 41.4 Å². The SMILES string of the molecule is CN(C)O.COc1cc2ncnc(Nc3ccc(F)c(C)c3)c2cc1OCCCCCCC=O. The summed E-state index contributed by atoms with van der Waals surface area (Å²) in [6.45, 7) is 2.27. The average molecular weight is 473 g/mol. The van der Waals surface area contributed by atoms with E-state index in [4.69, 9.17) is 14.7 Å². The Morgan fingerprint density at radius 2 is 1.82 bits per heavy atom. The number of rotatable bonds is 11. The smallest absolute Gasteiger partial charge is 0.162 e. The Hall–Kier alpha value is -3.30. The number of fused-ring (bicyclic) bond motifs is 1. The number of halogens is 1. The summed E-state index contributed by atoms with van der Waals surface area (Å²) in [5, 5.41) is 12.9. The minimum absolute atomic E-state index is 0.250. The van der Waals surface area contributed by atoms with Crippen molar-refractivity contribution in [1.82, 2.24) is 15.0 Å². The van der Waals surface area contributed by atoms with Crippen LogP contribution in [0, 0.1) is 12.7 Å². The molecule has 0 aliphatic heterocycles. The van der Waals surface area contributed by atoms with E-state index in [1.165, 1.54) is 12.4 Å². The van der Waals surface area contributed by atoms with Crippen LogP contribution in [-0.4, -0.2) is 54.3 Å². The zero-order valence-corrected chi connectivity index (χ0v) is 20.2. The van der Waals surface area contributed by atoms with Crippen LogP contribution in [0.2, 0.25) is 0 Å². The lowest BCUT2D eigenvalue weighted by Gasteiger charge is -2.14. The quantitative estimate of drug-likeness (QED) is 0.221. The van der Waals surface area contributed by atoms with Crippen LogP contribution >= 0.6 is 0 Å². The number of carbonyl (C=O) groups excluding carboxylic acids is 1. The summed E-state index contributed by atoms with van der Waals surface area (Å²) in [6.07, 6.45) is 6.86. The van der Waals surface area contributed by atoms with E-state index in [2.05, 4.69) is 15.3 Å². The largest absolute Gasteiger partial charge is 0.493 e. The Labute approximate surface area is 199 Å². The molecule has 0 aliphatic rings. The first-order chi connectivity index (χ1) is 16.3. The van der Waals surface area contributed by atoms with E-state index in [1.54, 1.807) is 40.3 Å². The first kappa shape index (κ1) is 26.9. The topological polar surface area (TPSA) is 96.8 Å². The molecule has 0 bridgehead atoms. The Balaban J connectivity index is 0.000000945. The number of benzene rings is 2. The fourth-order valence-corrected chi connectivity index (χ4v) is 3.16. The van der Waals surface area contributed by atoms with Gasteiger partial charge in [-0.2, -0.15) is 5.06 Å². The van der Waals surface area contributed by atoms with Crippen molar-refractivity contribution in [3.63, 3.8) is 0 Å². The third kappa shape index (κ3) is 8.57. The fourth-order valence-electron chi connectivity index (χ4n) is 3.16. The van der Waals surface area contributed by atoms with Gasteiger partial charge in [-0.15, -0.1) is 0 Å². The summed E-state index contributed by atoms with van der Waals surface area (Å²) < 4.78 is 25.0. The van der Waals surface area contributed by atoms with Crippen molar-refractivity contribution < 1.29 is 23.9 Å². The van der Waals surface area contributed by atoms with Crippen LogP contribution in [-0.2, 0) is 4.79 Å². The van der Waals surface area contributed by atoms with Gasteiger partial charge in [-0.1, -0.05) is 12.8 Å². The molecule has 0 radical (unpaired) electrons. The van der Waals surface area contributed by atoms with Crippen LogP contribution in [0.1, 0.15) is 37.7 Å². The van der Waals surface area contributed by atoms with Crippen molar-refractivity contribution in [2.24, 2.45) is 0 Å². The predicted molar refractivity (Wildman–Crippen MR) is 131 cm³/mol. The van der Waals surface area contributed by atoms with E-state index in [-0.39, 0.29) is 5.82 Å². The van der Waals surface area contributed by atoms with Crippen molar-refractivity contribution in [3.05, 3.63) is 48.0 Å². The predicted octanol–water partition coefficient (Wildman–Crippen LogP) is 5.29. The third-order valence-corrected chi connectivity index (χ3v) is 4.82. The molecule has 2 N–H and O–H groups in total. The first-order valence-electron chi connectivity index (χ1n) is 11.1. The highest BCUT2D eigenvalue weighted by Gasteiger charge is 2.12. The van der Waals surface area contributed by atoms with Crippen molar-refractivity contribution in [2.75, 3.05) is 33.1 Å². The van der Waals surface area contributed by atoms with Crippen LogP contribution in [0.3, 0.4) is 0 Å². The van der Waals surface area contributed by atoms with Gasteiger partial charge in [0.25, 0.3) is 0 Å². The molecule has 0 saturated heterocycles. The van der Waals surface area contributed by atoms with Gasteiger partial charge in [0, 0.05) is 37.7 Å². The number of methoxy groups -OCH3 is 1. The van der Waals surface area contributed by atoms with Crippen LogP contribution in [0.5, 0.6) is 11.5 Å². The van der Waals surface area contributed by atoms with Crippen LogP contribution in [0.4, 0.5) is 15.9 Å². The zero-order valence-electron chi connectivity index (χ0n) is 20.2. The molecule has 1 aromatic heterocycles. The molecule has 0 spiro atoms. The fraction of sp³-hybridized carbons (Fsp3) is 0.400. The van der Waals surface area contributed by atoms with E-state index in [1.807, 2.05) is 12.1 Å². The Bertz CT molecular complexity index is 1060. The standard InChI is InChI=1S/C23H26FN3O3.C2H7NO/c1-16-12-17(8-9-19(16)24)27-23-18-13-22(30-11-7-5-3-4-6-10-28)21(29-2)14-20(18)25-15-26-23;1-3(2)4/h8-10,12-15H,3-7,11H2,1-2H3,(H,25,26,27);4H,1-2H3. The average Bonchev–Trinajstić information content (AvgIpc) is 2.80. The van der Waals surface area contributed by atoms with Crippen LogP contribution in [0.15, 0.2) is 36.7 Å². The molecule has 0 amide bonds. The van der Waals surface area contributed by atoms with E-state index < -0.39 is 0 Å². The van der Waals surface area contributed by atoms with Gasteiger partial charge in [-0.25, -0.2) is 14.4 Å². The summed E-state index contributed by atoms with van der Waals surface area (Å²) in [7, 11) is 4.70. The molecule has 0 atom stereocenters. The number of hydroxylamine groups is 2. The lowest BCUT2D eigenvalue weighted by Crippen LogP contribution is -2.01. The monoisotopic (exact) mass is 472 g/mol. The molecule has 184 valence electrons. The van der Waals surface area contributed by atoms with E-state index >= 15 is 0 Å². The maximum absolute atomic E-state index is 13.6. The van der Waals surface area contributed by atoms with E-state index in [9.17, 15) is 9.18 Å². The van der Waals surface area contributed by atoms with Gasteiger partial charge in [0.1, 0.15) is 24.2 Å². The Morgan fingerprint density at radius 1 is 1.09 bits per heavy atom.